The van der Waals surface area contributed by atoms with Crippen LogP contribution < -0.4 is 10.9 Å². The zero-order valence-corrected chi connectivity index (χ0v) is 29.5. The third kappa shape index (κ3) is 7.74. The van der Waals surface area contributed by atoms with E-state index in [0.29, 0.717) is 0 Å². The SMILES string of the molecule is CC(C)(C)OC(=O)CN=S(=O)(c1cc(B2OC(C)(C)C(C)(C)O2)cc(C(F)F)c1)c1cc(B2OC(C)(C)C(C)(C)O2)cc(C(F)F)c1. The molecule has 0 N–H and O–H groups in total. The average molecular weight is 683 g/mol. The maximum absolute atomic E-state index is 15.2. The molecule has 2 aromatic carbocycles. The van der Waals surface area contributed by atoms with E-state index in [1.807, 2.05) is 0 Å². The molecule has 8 nitrogen and oxygen atoms in total. The van der Waals surface area contributed by atoms with Crippen molar-refractivity contribution in [3.05, 3.63) is 47.5 Å². The molecule has 0 aliphatic carbocycles. The van der Waals surface area contributed by atoms with Crippen molar-refractivity contribution in [2.45, 2.75) is 127 Å². The van der Waals surface area contributed by atoms with Gasteiger partial charge in [-0.2, -0.15) is 0 Å². The molecule has 258 valence electrons. The summed E-state index contributed by atoms with van der Waals surface area (Å²) in [6.07, 6.45) is -6.03. The van der Waals surface area contributed by atoms with Crippen LogP contribution in [0.5, 0.6) is 0 Å². The molecule has 0 unspecified atom stereocenters. The molecule has 47 heavy (non-hydrogen) atoms. The zero-order valence-electron chi connectivity index (χ0n) is 28.7. The summed E-state index contributed by atoms with van der Waals surface area (Å²) in [7, 11) is -6.34. The predicted molar refractivity (Wildman–Crippen MR) is 172 cm³/mol. The molecular formula is C32H43B2F4NO7S. The predicted octanol–water partition coefficient (Wildman–Crippen LogP) is 6.39. The number of esters is 1. The Morgan fingerprint density at radius 2 is 1.06 bits per heavy atom. The van der Waals surface area contributed by atoms with Gasteiger partial charge in [0.1, 0.15) is 21.9 Å². The highest BCUT2D eigenvalue weighted by atomic mass is 32.2. The third-order valence-corrected chi connectivity index (χ3v) is 11.1. The first kappa shape index (κ1) is 37.4. The van der Waals surface area contributed by atoms with Crippen LogP contribution in [-0.4, -0.2) is 59.0 Å². The number of halogens is 4. The molecule has 0 atom stereocenters. The molecular weight excluding hydrogens is 640 g/mol. The lowest BCUT2D eigenvalue weighted by atomic mass is 9.78. The van der Waals surface area contributed by atoms with E-state index >= 15 is 4.21 Å². The minimum Gasteiger partial charge on any atom is -0.459 e. The van der Waals surface area contributed by atoms with Gasteiger partial charge in [-0.25, -0.2) is 26.1 Å². The van der Waals surface area contributed by atoms with Gasteiger partial charge in [-0.1, -0.05) is 12.1 Å². The monoisotopic (exact) mass is 683 g/mol. The molecule has 0 spiro atoms. The molecule has 2 saturated heterocycles. The summed E-state index contributed by atoms with van der Waals surface area (Å²) >= 11 is 0. The van der Waals surface area contributed by atoms with Crippen molar-refractivity contribution in [3.8, 4) is 0 Å². The molecule has 15 heteroatoms. The number of carbonyl (C=O) groups excluding carboxylic acids is 1. The van der Waals surface area contributed by atoms with Gasteiger partial charge >= 0.3 is 20.2 Å². The maximum Gasteiger partial charge on any atom is 0.494 e. The van der Waals surface area contributed by atoms with Crippen LogP contribution in [0.3, 0.4) is 0 Å². The standard InChI is InChI=1S/C32H43B2F4NO7S/c1-28(2,3)42-25(40)18-39-47(41,23-14-19(26(35)36)12-21(16-23)33-43-29(4,5)30(6,7)44-33)24-15-20(27(37)38)13-22(17-24)34-45-31(8,9)32(10,11)46-34/h12-17,26-27H,18H2,1-11H3. The van der Waals surface area contributed by atoms with Crippen LogP contribution in [0.15, 0.2) is 50.6 Å². The van der Waals surface area contributed by atoms with Gasteiger partial charge in [0.2, 0.25) is 0 Å². The fourth-order valence-corrected chi connectivity index (χ4v) is 6.94. The number of rotatable bonds is 8. The van der Waals surface area contributed by atoms with Crippen LogP contribution >= 0.6 is 0 Å². The lowest BCUT2D eigenvalue weighted by Gasteiger charge is -2.32. The van der Waals surface area contributed by atoms with Gasteiger partial charge in [-0.15, -0.1) is 0 Å². The van der Waals surface area contributed by atoms with E-state index in [1.54, 1.807) is 76.2 Å². The second-order valence-electron chi connectivity index (χ2n) is 14.8. The summed E-state index contributed by atoms with van der Waals surface area (Å²) in [5.74, 6) is -0.849. The Morgan fingerprint density at radius 3 is 1.36 bits per heavy atom. The molecule has 2 aliphatic rings. The highest BCUT2D eigenvalue weighted by Crippen LogP contribution is 2.39. The number of benzene rings is 2. The molecule has 2 aromatic rings. The summed E-state index contributed by atoms with van der Waals surface area (Å²) < 4.78 is 107. The summed E-state index contributed by atoms with van der Waals surface area (Å²) in [4.78, 5) is 12.3. The number of carbonyl (C=O) groups is 1. The first-order chi connectivity index (χ1) is 21.3. The lowest BCUT2D eigenvalue weighted by molar-refractivity contribution is -0.152. The van der Waals surface area contributed by atoms with E-state index in [-0.39, 0.29) is 20.7 Å². The van der Waals surface area contributed by atoms with Crippen molar-refractivity contribution >= 4 is 40.9 Å². The van der Waals surface area contributed by atoms with Crippen molar-refractivity contribution in [1.82, 2.24) is 0 Å². The van der Waals surface area contributed by atoms with Crippen molar-refractivity contribution in [1.29, 1.82) is 0 Å². The molecule has 2 fully saturated rings. The first-order valence-electron chi connectivity index (χ1n) is 15.3. The quantitative estimate of drug-likeness (QED) is 0.181. The molecule has 0 radical (unpaired) electrons. The molecule has 0 amide bonds. The summed E-state index contributed by atoms with van der Waals surface area (Å²) in [6.45, 7) is 18.5. The molecule has 0 bridgehead atoms. The highest BCUT2D eigenvalue weighted by molar-refractivity contribution is 7.93. The van der Waals surface area contributed by atoms with Crippen LogP contribution in [0, 0.1) is 0 Å². The van der Waals surface area contributed by atoms with E-state index < -0.39 is 88.5 Å². The van der Waals surface area contributed by atoms with Crippen molar-refractivity contribution in [2.75, 3.05) is 6.54 Å². The fourth-order valence-electron chi connectivity index (χ4n) is 4.90. The molecule has 0 saturated carbocycles. The summed E-state index contributed by atoms with van der Waals surface area (Å²) in [5.41, 5.74) is -5.04. The second kappa shape index (κ2) is 12.5. The average Bonchev–Trinajstić information content (AvgIpc) is 3.29. The van der Waals surface area contributed by atoms with Crippen molar-refractivity contribution in [2.24, 2.45) is 4.36 Å². The first-order valence-corrected chi connectivity index (χ1v) is 16.8. The number of nitrogens with zero attached hydrogens (tertiary/aromatic N) is 1. The lowest BCUT2D eigenvalue weighted by Crippen LogP contribution is -2.41. The second-order valence-corrected chi connectivity index (χ2v) is 17.1. The smallest absolute Gasteiger partial charge is 0.459 e. The normalized spacial score (nSPS) is 20.3. The Morgan fingerprint density at radius 1 is 0.723 bits per heavy atom. The summed E-state index contributed by atoms with van der Waals surface area (Å²) in [6, 6.07) is 7.00. The highest BCUT2D eigenvalue weighted by Gasteiger charge is 2.53. The van der Waals surface area contributed by atoms with E-state index in [1.165, 1.54) is 24.3 Å². The third-order valence-electron chi connectivity index (χ3n) is 8.89. The van der Waals surface area contributed by atoms with E-state index in [2.05, 4.69) is 4.36 Å². The van der Waals surface area contributed by atoms with Crippen LogP contribution in [0.4, 0.5) is 17.6 Å². The fraction of sp³-hybridized carbons (Fsp3) is 0.594. The van der Waals surface area contributed by atoms with E-state index in [4.69, 9.17) is 23.4 Å². The van der Waals surface area contributed by atoms with Crippen LogP contribution in [0.25, 0.3) is 0 Å². The van der Waals surface area contributed by atoms with Gasteiger partial charge in [0, 0.05) is 11.1 Å². The summed E-state index contributed by atoms with van der Waals surface area (Å²) in [5, 5.41) is 0. The Kier molecular flexibility index (Phi) is 9.91. The molecule has 2 heterocycles. The maximum atomic E-state index is 15.2. The molecule has 0 aromatic heterocycles. The molecule has 4 rings (SSSR count). The minimum absolute atomic E-state index is 0.118. The Hall–Kier alpha value is -2.45. The number of hydrogen-bond acceptors (Lipinski definition) is 8. The van der Waals surface area contributed by atoms with Gasteiger partial charge in [0.05, 0.1) is 32.2 Å². The zero-order chi connectivity index (χ0) is 35.5. The van der Waals surface area contributed by atoms with E-state index in [0.717, 1.165) is 12.1 Å². The number of alkyl halides is 4. The number of hydrogen-bond donors (Lipinski definition) is 0. The van der Waals surface area contributed by atoms with Gasteiger partial charge < -0.3 is 23.4 Å². The van der Waals surface area contributed by atoms with Crippen LogP contribution in [-0.2, 0) is 37.9 Å². The minimum atomic E-state index is -4.09. The van der Waals surface area contributed by atoms with Gasteiger partial charge in [-0.3, -0.25) is 4.79 Å². The largest absolute Gasteiger partial charge is 0.494 e. The van der Waals surface area contributed by atoms with Gasteiger partial charge in [0.25, 0.3) is 12.9 Å². The van der Waals surface area contributed by atoms with Crippen molar-refractivity contribution in [3.63, 3.8) is 0 Å². The van der Waals surface area contributed by atoms with Crippen LogP contribution in [0.1, 0.15) is 100 Å². The van der Waals surface area contributed by atoms with Crippen molar-refractivity contribution < 1.29 is 49.9 Å². The van der Waals surface area contributed by atoms with Crippen LogP contribution in [0.2, 0.25) is 0 Å². The van der Waals surface area contributed by atoms with E-state index in [9.17, 15) is 22.4 Å². The topological polar surface area (TPSA) is 92.7 Å². The Balaban J connectivity index is 1.97. The Labute approximate surface area is 275 Å². The van der Waals surface area contributed by atoms with Gasteiger partial charge in [0.15, 0.2) is 0 Å². The molecule has 2 aliphatic heterocycles. The number of ether oxygens (including phenoxy) is 1. The van der Waals surface area contributed by atoms with Gasteiger partial charge in [-0.05, 0) is 111 Å². The Bertz CT molecular complexity index is 1520.